The number of hydrogen-bond acceptors (Lipinski definition) is 7. The van der Waals surface area contributed by atoms with Gasteiger partial charge < -0.3 is 4.90 Å². The summed E-state index contributed by atoms with van der Waals surface area (Å²) in [6.07, 6.45) is 7.78. The number of piperazine rings is 1. The monoisotopic (exact) mass is 394 g/mol. The van der Waals surface area contributed by atoms with E-state index in [2.05, 4.69) is 30.0 Å². The van der Waals surface area contributed by atoms with Crippen LogP contribution < -0.4 is 10.5 Å². The molecule has 0 N–H and O–H groups in total. The van der Waals surface area contributed by atoms with Gasteiger partial charge >= 0.3 is 0 Å². The zero-order valence-electron chi connectivity index (χ0n) is 16.8. The lowest BCUT2D eigenvalue weighted by Gasteiger charge is -2.35. The second-order valence-corrected chi connectivity index (χ2v) is 7.92. The quantitative estimate of drug-likeness (QED) is 0.641. The van der Waals surface area contributed by atoms with Crippen molar-refractivity contribution in [1.82, 2.24) is 34.4 Å². The first-order chi connectivity index (χ1) is 14.2. The van der Waals surface area contributed by atoms with E-state index in [0.717, 1.165) is 73.7 Å². The zero-order valence-corrected chi connectivity index (χ0v) is 16.8. The van der Waals surface area contributed by atoms with E-state index < -0.39 is 0 Å². The fraction of sp³-hybridized carbons (Fsp3) is 0.550. The highest BCUT2D eigenvalue weighted by Crippen LogP contribution is 2.23. The van der Waals surface area contributed by atoms with Crippen LogP contribution in [0.25, 0.3) is 11.0 Å². The molecule has 2 aliphatic rings. The van der Waals surface area contributed by atoms with Crippen molar-refractivity contribution in [1.29, 1.82) is 0 Å². The number of rotatable bonds is 4. The third kappa shape index (κ3) is 3.50. The lowest BCUT2D eigenvalue weighted by molar-refractivity contribution is 0.242. The van der Waals surface area contributed by atoms with Gasteiger partial charge in [-0.2, -0.15) is 10.2 Å². The van der Waals surface area contributed by atoms with Crippen LogP contribution in [-0.4, -0.2) is 67.2 Å². The van der Waals surface area contributed by atoms with Crippen LogP contribution in [0.1, 0.15) is 24.1 Å². The second kappa shape index (κ2) is 7.55. The van der Waals surface area contributed by atoms with Crippen LogP contribution in [-0.2, 0) is 26.4 Å². The van der Waals surface area contributed by atoms with Gasteiger partial charge in [0.25, 0.3) is 5.56 Å². The summed E-state index contributed by atoms with van der Waals surface area (Å²) >= 11 is 0. The summed E-state index contributed by atoms with van der Waals surface area (Å²) in [7, 11) is 1.90. The Bertz CT molecular complexity index is 1080. The summed E-state index contributed by atoms with van der Waals surface area (Å²) in [5, 5.41) is 9.94. The molecule has 29 heavy (non-hydrogen) atoms. The molecule has 0 saturated carbocycles. The van der Waals surface area contributed by atoms with Gasteiger partial charge in [-0.05, 0) is 31.2 Å². The Morgan fingerprint density at radius 2 is 1.86 bits per heavy atom. The van der Waals surface area contributed by atoms with E-state index in [1.54, 1.807) is 21.8 Å². The van der Waals surface area contributed by atoms with E-state index in [1.165, 1.54) is 12.8 Å². The van der Waals surface area contributed by atoms with E-state index in [9.17, 15) is 4.79 Å². The molecule has 9 heteroatoms. The molecule has 0 amide bonds. The Morgan fingerprint density at radius 1 is 1.03 bits per heavy atom. The molecule has 1 saturated heterocycles. The summed E-state index contributed by atoms with van der Waals surface area (Å²) < 4.78 is 3.43. The van der Waals surface area contributed by atoms with Crippen molar-refractivity contribution in [3.63, 3.8) is 0 Å². The van der Waals surface area contributed by atoms with E-state index in [4.69, 9.17) is 0 Å². The van der Waals surface area contributed by atoms with Crippen molar-refractivity contribution in [2.24, 2.45) is 7.05 Å². The van der Waals surface area contributed by atoms with E-state index >= 15 is 0 Å². The van der Waals surface area contributed by atoms with Crippen LogP contribution in [0.4, 0.5) is 5.82 Å². The Balaban J connectivity index is 1.22. The SMILES string of the molecule is Cn1ncc2c(N3CCN(CCn4nc5c(cc4=O)CCCC5)CC3)ncnc21. The molecular weight excluding hydrogens is 368 g/mol. The number of anilines is 1. The summed E-state index contributed by atoms with van der Waals surface area (Å²) in [5.41, 5.74) is 3.15. The normalized spacial score (nSPS) is 17.6. The molecular formula is C20H26N8O. The number of hydrogen-bond donors (Lipinski definition) is 0. The smallest absolute Gasteiger partial charge is 0.267 e. The molecule has 0 bridgehead atoms. The molecule has 3 aromatic rings. The Kier molecular flexibility index (Phi) is 4.75. The van der Waals surface area contributed by atoms with Crippen LogP contribution >= 0.6 is 0 Å². The second-order valence-electron chi connectivity index (χ2n) is 7.92. The van der Waals surface area contributed by atoms with Crippen molar-refractivity contribution < 1.29 is 0 Å². The van der Waals surface area contributed by atoms with Crippen molar-refractivity contribution in [2.75, 3.05) is 37.6 Å². The molecule has 152 valence electrons. The average Bonchev–Trinajstić information content (AvgIpc) is 3.14. The first-order valence-electron chi connectivity index (χ1n) is 10.4. The third-order valence-corrected chi connectivity index (χ3v) is 6.08. The molecule has 0 spiro atoms. The van der Waals surface area contributed by atoms with E-state index in [0.29, 0.717) is 6.54 Å². The molecule has 0 radical (unpaired) electrons. The molecule has 3 aromatic heterocycles. The molecule has 9 nitrogen and oxygen atoms in total. The molecule has 1 aliphatic carbocycles. The third-order valence-electron chi connectivity index (χ3n) is 6.08. The standard InChI is InChI=1S/C20H26N8O/c1-25-19-16(13-23-25)20(22-14-21-19)27-9-6-26(7-10-27)8-11-28-18(29)12-15-4-2-3-5-17(15)24-28/h12-14H,2-11H2,1H3. The minimum atomic E-state index is 0.0317. The van der Waals surface area contributed by atoms with E-state index in [-0.39, 0.29) is 5.56 Å². The fourth-order valence-electron chi connectivity index (χ4n) is 4.38. The van der Waals surface area contributed by atoms with Gasteiger partial charge in [0.05, 0.1) is 23.8 Å². The Hall–Kier alpha value is -2.81. The van der Waals surface area contributed by atoms with Gasteiger partial charge in [0.1, 0.15) is 12.1 Å². The summed E-state index contributed by atoms with van der Waals surface area (Å²) in [4.78, 5) is 25.9. The van der Waals surface area contributed by atoms with Crippen molar-refractivity contribution in [2.45, 2.75) is 32.2 Å². The van der Waals surface area contributed by atoms with Gasteiger partial charge in [0.2, 0.25) is 0 Å². The summed E-state index contributed by atoms with van der Waals surface area (Å²) in [5.74, 6) is 0.954. The molecule has 0 unspecified atom stereocenters. The highest BCUT2D eigenvalue weighted by atomic mass is 16.1. The largest absolute Gasteiger partial charge is 0.353 e. The molecule has 1 fully saturated rings. The Morgan fingerprint density at radius 3 is 2.72 bits per heavy atom. The van der Waals surface area contributed by atoms with Crippen LogP contribution in [0.5, 0.6) is 0 Å². The maximum atomic E-state index is 12.4. The molecule has 1 aliphatic heterocycles. The first kappa shape index (κ1) is 18.2. The fourth-order valence-corrected chi connectivity index (χ4v) is 4.38. The maximum Gasteiger partial charge on any atom is 0.267 e. The molecule has 0 atom stereocenters. The lowest BCUT2D eigenvalue weighted by atomic mass is 9.97. The zero-order chi connectivity index (χ0) is 19.8. The van der Waals surface area contributed by atoms with Crippen molar-refractivity contribution in [3.05, 3.63) is 40.2 Å². The van der Waals surface area contributed by atoms with Gasteiger partial charge in [-0.25, -0.2) is 14.6 Å². The molecule has 0 aromatic carbocycles. The molecule has 4 heterocycles. The van der Waals surface area contributed by atoms with Crippen LogP contribution in [0.2, 0.25) is 0 Å². The van der Waals surface area contributed by atoms with Gasteiger partial charge in [0, 0.05) is 45.8 Å². The number of fused-ring (bicyclic) bond motifs is 2. The van der Waals surface area contributed by atoms with Crippen LogP contribution in [0.15, 0.2) is 23.4 Å². The highest BCUT2D eigenvalue weighted by molar-refractivity contribution is 5.86. The van der Waals surface area contributed by atoms with Crippen molar-refractivity contribution >= 4 is 16.9 Å². The Labute approximate surface area is 169 Å². The highest BCUT2D eigenvalue weighted by Gasteiger charge is 2.21. The van der Waals surface area contributed by atoms with Gasteiger partial charge in [-0.15, -0.1) is 0 Å². The van der Waals surface area contributed by atoms with E-state index in [1.807, 2.05) is 13.2 Å². The number of aromatic nitrogens is 6. The number of nitrogens with zero attached hydrogens (tertiary/aromatic N) is 8. The van der Waals surface area contributed by atoms with Gasteiger partial charge in [0.15, 0.2) is 5.65 Å². The first-order valence-corrected chi connectivity index (χ1v) is 10.4. The van der Waals surface area contributed by atoms with Crippen molar-refractivity contribution in [3.8, 4) is 0 Å². The predicted octanol–water partition coefficient (Wildman–Crippen LogP) is 0.621. The molecule has 5 rings (SSSR count). The van der Waals surface area contributed by atoms with Crippen LogP contribution in [0, 0.1) is 0 Å². The van der Waals surface area contributed by atoms with Gasteiger partial charge in [-0.3, -0.25) is 14.4 Å². The minimum Gasteiger partial charge on any atom is -0.353 e. The van der Waals surface area contributed by atoms with Crippen LogP contribution in [0.3, 0.4) is 0 Å². The maximum absolute atomic E-state index is 12.4. The lowest BCUT2D eigenvalue weighted by Crippen LogP contribution is -2.48. The number of aryl methyl sites for hydroxylation is 3. The summed E-state index contributed by atoms with van der Waals surface area (Å²) in [6.45, 7) is 5.15. The predicted molar refractivity (Wildman–Crippen MR) is 110 cm³/mol. The summed E-state index contributed by atoms with van der Waals surface area (Å²) in [6, 6.07) is 1.80. The minimum absolute atomic E-state index is 0.0317. The van der Waals surface area contributed by atoms with Gasteiger partial charge in [-0.1, -0.05) is 0 Å². The topological polar surface area (TPSA) is 85.0 Å². The average molecular weight is 394 g/mol.